The molecular formula is C45H42F3N5O6. The highest BCUT2D eigenvalue weighted by Gasteiger charge is 2.57. The maximum absolute atomic E-state index is 15.1. The molecule has 0 atom stereocenters. The van der Waals surface area contributed by atoms with Crippen molar-refractivity contribution in [1.29, 1.82) is 0 Å². The van der Waals surface area contributed by atoms with Gasteiger partial charge in [-0.25, -0.2) is 4.79 Å². The summed E-state index contributed by atoms with van der Waals surface area (Å²) in [5.41, 5.74) is 5.48. The van der Waals surface area contributed by atoms with Crippen molar-refractivity contribution in [2.45, 2.75) is 63.1 Å². The Labute approximate surface area is 337 Å². The number of unbranched alkanes of at least 4 members (excludes halogenated alkanes) is 4. The summed E-state index contributed by atoms with van der Waals surface area (Å²) in [6.45, 7) is 3.93. The van der Waals surface area contributed by atoms with E-state index in [1.54, 1.807) is 18.2 Å². The molecule has 4 aliphatic heterocycles. The van der Waals surface area contributed by atoms with E-state index in [9.17, 15) is 27.6 Å². The number of carbonyl (C=O) groups excluding carboxylic acids is 3. The highest BCUT2D eigenvalue weighted by atomic mass is 19.4. The summed E-state index contributed by atoms with van der Waals surface area (Å²) in [6.07, 6.45) is 1.71. The minimum atomic E-state index is -4.83. The molecule has 0 saturated carbocycles. The number of carbonyl (C=O) groups is 3. The van der Waals surface area contributed by atoms with Crippen LogP contribution in [0.3, 0.4) is 0 Å². The van der Waals surface area contributed by atoms with E-state index in [0.29, 0.717) is 58.3 Å². The second-order valence-corrected chi connectivity index (χ2v) is 15.7. The number of amides is 3. The molecule has 1 aromatic heterocycles. The molecule has 2 fully saturated rings. The van der Waals surface area contributed by atoms with Gasteiger partial charge < -0.3 is 30.0 Å². The number of nitrogens with one attached hydrogen (secondary N) is 1. The Hall–Kier alpha value is -6.31. The van der Waals surface area contributed by atoms with Crippen molar-refractivity contribution in [3.63, 3.8) is 0 Å². The third-order valence-electron chi connectivity index (χ3n) is 12.0. The van der Waals surface area contributed by atoms with Crippen LogP contribution in [0.25, 0.3) is 11.0 Å². The van der Waals surface area contributed by atoms with Gasteiger partial charge in [0.15, 0.2) is 0 Å². The van der Waals surface area contributed by atoms with E-state index in [2.05, 4.69) is 15.1 Å². The number of anilines is 3. The molecule has 0 unspecified atom stereocenters. The van der Waals surface area contributed by atoms with Gasteiger partial charge in [0.2, 0.25) is 5.91 Å². The first-order valence-electron chi connectivity index (χ1n) is 20.1. The molecule has 2 saturated heterocycles. The Balaban J connectivity index is 1.19. The second-order valence-electron chi connectivity index (χ2n) is 15.7. The lowest BCUT2D eigenvalue weighted by molar-refractivity contribution is -0.136. The van der Waals surface area contributed by atoms with Crippen LogP contribution >= 0.6 is 0 Å². The van der Waals surface area contributed by atoms with Crippen molar-refractivity contribution in [3.8, 4) is 11.5 Å². The summed E-state index contributed by atoms with van der Waals surface area (Å²) in [5.74, 6) is -0.127. The van der Waals surface area contributed by atoms with Crippen molar-refractivity contribution < 1.29 is 36.7 Å². The molecule has 59 heavy (non-hydrogen) atoms. The average molecular weight is 806 g/mol. The highest BCUT2D eigenvalue weighted by Crippen LogP contribution is 2.60. The fourth-order valence-electron chi connectivity index (χ4n) is 8.78. The number of rotatable bonds is 12. The van der Waals surface area contributed by atoms with E-state index in [-0.39, 0.29) is 28.5 Å². The summed E-state index contributed by atoms with van der Waals surface area (Å²) in [5, 5.41) is 2.69. The van der Waals surface area contributed by atoms with Crippen molar-refractivity contribution in [3.05, 3.63) is 123 Å². The Bertz CT molecular complexity index is 2520. The van der Waals surface area contributed by atoms with Gasteiger partial charge in [-0.3, -0.25) is 19.3 Å². The van der Waals surface area contributed by atoms with Crippen molar-refractivity contribution >= 4 is 45.8 Å². The van der Waals surface area contributed by atoms with E-state index in [0.717, 1.165) is 82.5 Å². The normalized spacial score (nSPS) is 16.3. The van der Waals surface area contributed by atoms with Crippen LogP contribution in [0.2, 0.25) is 0 Å². The first-order chi connectivity index (χ1) is 28.4. The smallest absolute Gasteiger partial charge is 0.417 e. The Morgan fingerprint density at radius 2 is 1.36 bits per heavy atom. The zero-order chi connectivity index (χ0) is 41.1. The summed E-state index contributed by atoms with van der Waals surface area (Å²) >= 11 is 0. The number of ether oxygens (including phenoxy) is 1. The van der Waals surface area contributed by atoms with E-state index < -0.39 is 28.8 Å². The van der Waals surface area contributed by atoms with Crippen LogP contribution in [0.1, 0.15) is 94.3 Å². The minimum absolute atomic E-state index is 0.181. The van der Waals surface area contributed by atoms with E-state index in [4.69, 9.17) is 14.9 Å². The number of halogens is 3. The standard InChI is InChI=1S/C45H42F3N5O6/c46-45(47,48)36-26-41(55)59-37-25-30(10-14-31(36)37)53-43(57)32-13-9-27(42(56)50-17-5-3-1-2-4-8-40(49)54)22-35(32)44(53)33-15-11-28(51-18-6-19-51)23-38(33)58-39-24-29(12-16-34(39)44)52-20-7-21-52/h9-16,22-26H,1-8,17-21H2,(H2,49,54)(H,50,56). The van der Waals surface area contributed by atoms with E-state index in [1.165, 1.54) is 23.1 Å². The van der Waals surface area contributed by atoms with Crippen LogP contribution in [-0.4, -0.2) is 50.4 Å². The van der Waals surface area contributed by atoms with E-state index in [1.807, 2.05) is 36.4 Å². The number of primary amides is 1. The first kappa shape index (κ1) is 38.2. The SMILES string of the molecule is NC(=O)CCCCCCCNC(=O)c1ccc2c(c1)C1(c3ccc(N4CCC4)cc3Oc3cc(N4CCC4)ccc31)N(c1ccc3c(C(F)(F)F)cc(=O)oc3c1)C2=O. The molecule has 5 aromatic rings. The lowest BCUT2D eigenvalue weighted by atomic mass is 9.74. The number of nitrogens with two attached hydrogens (primary N) is 1. The molecule has 1 spiro atoms. The highest BCUT2D eigenvalue weighted by molar-refractivity contribution is 6.15. The zero-order valence-electron chi connectivity index (χ0n) is 32.2. The monoisotopic (exact) mass is 805 g/mol. The predicted octanol–water partition coefficient (Wildman–Crippen LogP) is 7.85. The number of fused-ring (bicyclic) bond motifs is 7. The lowest BCUT2D eigenvalue weighted by Crippen LogP contribution is -2.48. The van der Waals surface area contributed by atoms with Gasteiger partial charge in [0, 0.05) is 114 Å². The number of hydrogen-bond acceptors (Lipinski definition) is 8. The van der Waals surface area contributed by atoms with Gasteiger partial charge in [-0.1, -0.05) is 31.4 Å². The molecule has 14 heteroatoms. The number of benzene rings is 4. The van der Waals surface area contributed by atoms with E-state index >= 15 is 4.79 Å². The average Bonchev–Trinajstić information content (AvgIpc) is 3.40. The van der Waals surface area contributed by atoms with Crippen molar-refractivity contribution in [1.82, 2.24) is 5.32 Å². The quantitative estimate of drug-likeness (QED) is 0.0961. The molecule has 3 amide bonds. The minimum Gasteiger partial charge on any atom is -0.456 e. The van der Waals surface area contributed by atoms with Crippen LogP contribution in [0.5, 0.6) is 11.5 Å². The molecule has 4 aromatic carbocycles. The molecule has 0 radical (unpaired) electrons. The van der Waals surface area contributed by atoms with Gasteiger partial charge in [0.05, 0.1) is 5.56 Å². The van der Waals surface area contributed by atoms with Crippen LogP contribution in [0.4, 0.5) is 30.2 Å². The van der Waals surface area contributed by atoms with Gasteiger partial charge in [0.1, 0.15) is 22.6 Å². The maximum Gasteiger partial charge on any atom is 0.417 e. The Morgan fingerprint density at radius 1 is 0.729 bits per heavy atom. The summed E-state index contributed by atoms with van der Waals surface area (Å²) in [6, 6.07) is 21.0. The summed E-state index contributed by atoms with van der Waals surface area (Å²) < 4.78 is 54.7. The topological polar surface area (TPSA) is 138 Å². The van der Waals surface area contributed by atoms with Crippen molar-refractivity contribution in [2.24, 2.45) is 5.73 Å². The first-order valence-corrected chi connectivity index (χ1v) is 20.1. The lowest BCUT2D eigenvalue weighted by Gasteiger charge is -2.45. The van der Waals surface area contributed by atoms with Crippen LogP contribution in [0.15, 0.2) is 88.1 Å². The predicted molar refractivity (Wildman–Crippen MR) is 216 cm³/mol. The summed E-state index contributed by atoms with van der Waals surface area (Å²) in [4.78, 5) is 58.5. The third kappa shape index (κ3) is 6.64. The fourth-order valence-corrected chi connectivity index (χ4v) is 8.78. The van der Waals surface area contributed by atoms with Crippen LogP contribution in [-0.2, 0) is 16.5 Å². The molecule has 5 heterocycles. The molecule has 9 rings (SSSR count). The van der Waals surface area contributed by atoms with Crippen LogP contribution in [0, 0.1) is 0 Å². The fraction of sp³-hybridized carbons (Fsp3) is 0.333. The number of alkyl halides is 3. The molecule has 4 aliphatic rings. The molecule has 11 nitrogen and oxygen atoms in total. The molecule has 304 valence electrons. The molecule has 3 N–H and O–H groups in total. The molecular weight excluding hydrogens is 764 g/mol. The largest absolute Gasteiger partial charge is 0.456 e. The van der Waals surface area contributed by atoms with Gasteiger partial charge in [-0.2, -0.15) is 13.2 Å². The summed E-state index contributed by atoms with van der Waals surface area (Å²) in [7, 11) is 0. The molecule has 0 bridgehead atoms. The van der Waals surface area contributed by atoms with Gasteiger partial charge in [-0.05, 0) is 68.1 Å². The Kier molecular flexibility index (Phi) is 9.60. The van der Waals surface area contributed by atoms with Gasteiger partial charge in [-0.15, -0.1) is 0 Å². The number of nitrogens with zero attached hydrogens (tertiary/aromatic N) is 3. The van der Waals surface area contributed by atoms with Crippen LogP contribution < -0.4 is 36.1 Å². The molecule has 0 aliphatic carbocycles. The number of hydrogen-bond donors (Lipinski definition) is 2. The maximum atomic E-state index is 15.1. The Morgan fingerprint density at radius 3 is 1.97 bits per heavy atom. The third-order valence-corrected chi connectivity index (χ3v) is 12.0. The zero-order valence-corrected chi connectivity index (χ0v) is 32.2. The van der Waals surface area contributed by atoms with Gasteiger partial charge >= 0.3 is 11.8 Å². The van der Waals surface area contributed by atoms with Crippen molar-refractivity contribution in [2.75, 3.05) is 47.4 Å². The van der Waals surface area contributed by atoms with Gasteiger partial charge in [0.25, 0.3) is 11.8 Å². The second kappa shape index (κ2) is 14.8.